The number of anilines is 2. The van der Waals surface area contributed by atoms with E-state index >= 15 is 0 Å². The van der Waals surface area contributed by atoms with Crippen LogP contribution in [0.3, 0.4) is 0 Å². The molecule has 2 amide bonds. The van der Waals surface area contributed by atoms with Crippen molar-refractivity contribution in [2.45, 2.75) is 26.4 Å². The van der Waals surface area contributed by atoms with Crippen LogP contribution in [0.15, 0.2) is 41.8 Å². The minimum atomic E-state index is -0.641. The zero-order valence-corrected chi connectivity index (χ0v) is 19.1. The number of halogens is 2. The lowest BCUT2D eigenvalue weighted by molar-refractivity contribution is -0.128. The number of hydrogen-bond acceptors (Lipinski definition) is 5. The predicted octanol–water partition coefficient (Wildman–Crippen LogP) is 5.57. The monoisotopic (exact) mass is 475 g/mol. The van der Waals surface area contributed by atoms with Gasteiger partial charge in [0.1, 0.15) is 12.3 Å². The molecule has 1 unspecified atom stereocenters. The molecule has 0 bridgehead atoms. The number of ether oxygens (including phenoxy) is 1. The summed E-state index contributed by atoms with van der Waals surface area (Å²) in [5.74, 6) is -0.0558. The molecule has 0 aliphatic carbocycles. The molecule has 1 aliphatic rings. The van der Waals surface area contributed by atoms with E-state index in [2.05, 4.69) is 10.3 Å². The van der Waals surface area contributed by atoms with Gasteiger partial charge in [-0.1, -0.05) is 30.1 Å². The second-order valence-corrected chi connectivity index (χ2v) is 8.93. The summed E-state index contributed by atoms with van der Waals surface area (Å²) in [5.41, 5.74) is 2.71. The Bertz CT molecular complexity index is 1160. The predicted molar refractivity (Wildman–Crippen MR) is 124 cm³/mol. The third-order valence-electron chi connectivity index (χ3n) is 4.85. The van der Waals surface area contributed by atoms with Gasteiger partial charge in [0.05, 0.1) is 26.4 Å². The first-order valence-electron chi connectivity index (χ1n) is 9.65. The molecule has 6 nitrogen and oxygen atoms in total. The lowest BCUT2D eigenvalue weighted by Crippen LogP contribution is -2.48. The summed E-state index contributed by atoms with van der Waals surface area (Å²) in [6, 6.07) is 10.4. The molecule has 0 fully saturated rings. The fourth-order valence-electron chi connectivity index (χ4n) is 3.32. The molecule has 1 N–H and O–H groups in total. The number of aryl methyl sites for hydroxylation is 1. The average Bonchev–Trinajstić information content (AvgIpc) is 3.18. The van der Waals surface area contributed by atoms with E-state index in [4.69, 9.17) is 27.9 Å². The molecule has 0 saturated heterocycles. The molecular formula is C22H19Cl2N3O3S. The van der Waals surface area contributed by atoms with E-state index in [1.807, 2.05) is 37.4 Å². The van der Waals surface area contributed by atoms with E-state index in [1.165, 1.54) is 4.90 Å². The van der Waals surface area contributed by atoms with Gasteiger partial charge in [0.15, 0.2) is 6.10 Å². The van der Waals surface area contributed by atoms with Crippen LogP contribution in [-0.4, -0.2) is 29.4 Å². The van der Waals surface area contributed by atoms with Crippen LogP contribution < -0.4 is 15.0 Å². The maximum Gasteiger partial charge on any atom is 0.268 e. The first-order chi connectivity index (χ1) is 14.9. The molecule has 2 heterocycles. The van der Waals surface area contributed by atoms with Crippen molar-refractivity contribution in [1.82, 2.24) is 4.98 Å². The Kier molecular flexibility index (Phi) is 6.18. The fraction of sp³-hybridized carbons (Fsp3) is 0.227. The molecule has 3 aromatic rings. The number of benzene rings is 2. The largest absolute Gasteiger partial charge is 0.478 e. The van der Waals surface area contributed by atoms with Crippen molar-refractivity contribution in [1.29, 1.82) is 0 Å². The summed E-state index contributed by atoms with van der Waals surface area (Å²) >= 11 is 13.5. The Balaban J connectivity index is 1.63. The first-order valence-corrected chi connectivity index (χ1v) is 11.3. The maximum absolute atomic E-state index is 13.0. The van der Waals surface area contributed by atoms with E-state index in [-0.39, 0.29) is 18.4 Å². The molecular weight excluding hydrogens is 457 g/mol. The van der Waals surface area contributed by atoms with Gasteiger partial charge in [-0.15, -0.1) is 11.3 Å². The van der Waals surface area contributed by atoms with E-state index in [9.17, 15) is 9.59 Å². The van der Waals surface area contributed by atoms with Crippen LogP contribution in [0, 0.1) is 6.92 Å². The molecule has 2 aromatic carbocycles. The lowest BCUT2D eigenvalue weighted by Gasteiger charge is -2.34. The van der Waals surface area contributed by atoms with Crippen LogP contribution in [0.4, 0.5) is 11.4 Å². The van der Waals surface area contributed by atoms with Gasteiger partial charge in [-0.3, -0.25) is 14.5 Å². The van der Waals surface area contributed by atoms with Crippen molar-refractivity contribution in [2.24, 2.45) is 0 Å². The van der Waals surface area contributed by atoms with Crippen LogP contribution in [0.5, 0.6) is 5.75 Å². The normalized spacial score (nSPS) is 15.4. The fourth-order valence-corrected chi connectivity index (χ4v) is 4.24. The minimum absolute atomic E-state index is 0.161. The van der Waals surface area contributed by atoms with Gasteiger partial charge in [-0.05, 0) is 49.7 Å². The van der Waals surface area contributed by atoms with Gasteiger partial charge in [0, 0.05) is 16.6 Å². The highest BCUT2D eigenvalue weighted by atomic mass is 35.5. The quantitative estimate of drug-likeness (QED) is 0.523. The molecule has 1 aliphatic heterocycles. The van der Waals surface area contributed by atoms with Crippen molar-refractivity contribution in [3.8, 4) is 17.0 Å². The van der Waals surface area contributed by atoms with Crippen LogP contribution in [0.1, 0.15) is 18.4 Å². The summed E-state index contributed by atoms with van der Waals surface area (Å²) in [6.45, 7) is 3.64. The Labute approximate surface area is 193 Å². The Morgan fingerprint density at radius 3 is 2.71 bits per heavy atom. The molecule has 160 valence electrons. The summed E-state index contributed by atoms with van der Waals surface area (Å²) in [4.78, 5) is 31.7. The molecule has 0 spiro atoms. The smallest absolute Gasteiger partial charge is 0.268 e. The third-order valence-corrected chi connectivity index (χ3v) is 6.36. The minimum Gasteiger partial charge on any atom is -0.478 e. The number of aromatic nitrogens is 1. The zero-order valence-electron chi connectivity index (χ0n) is 16.8. The van der Waals surface area contributed by atoms with E-state index in [0.717, 1.165) is 16.3 Å². The molecule has 0 saturated carbocycles. The van der Waals surface area contributed by atoms with Crippen molar-refractivity contribution in [3.63, 3.8) is 0 Å². The van der Waals surface area contributed by atoms with Gasteiger partial charge >= 0.3 is 0 Å². The average molecular weight is 476 g/mol. The molecule has 4 rings (SSSR count). The second kappa shape index (κ2) is 8.86. The topological polar surface area (TPSA) is 71.5 Å². The SMILES string of the molecule is CCC1Oc2ccc(-c3csc(C)n3)cc2N(CC(=O)Nc2ccc(Cl)c(Cl)c2)C1=O. The van der Waals surface area contributed by atoms with Crippen LogP contribution in [-0.2, 0) is 9.59 Å². The highest BCUT2D eigenvalue weighted by molar-refractivity contribution is 7.09. The summed E-state index contributed by atoms with van der Waals surface area (Å²) in [7, 11) is 0. The van der Waals surface area contributed by atoms with Crippen LogP contribution in [0.25, 0.3) is 11.3 Å². The van der Waals surface area contributed by atoms with E-state index in [0.29, 0.717) is 33.6 Å². The molecule has 1 atom stereocenters. The van der Waals surface area contributed by atoms with E-state index < -0.39 is 6.10 Å². The molecule has 31 heavy (non-hydrogen) atoms. The summed E-state index contributed by atoms with van der Waals surface area (Å²) < 4.78 is 5.88. The Morgan fingerprint density at radius 2 is 2.03 bits per heavy atom. The van der Waals surface area contributed by atoms with Gasteiger partial charge < -0.3 is 10.1 Å². The highest BCUT2D eigenvalue weighted by Crippen LogP contribution is 2.38. The first kappa shape index (κ1) is 21.6. The number of nitrogens with zero attached hydrogens (tertiary/aromatic N) is 2. The third kappa shape index (κ3) is 4.54. The number of rotatable bonds is 5. The number of amides is 2. The van der Waals surface area contributed by atoms with Crippen molar-refractivity contribution >= 4 is 57.7 Å². The number of fused-ring (bicyclic) bond motifs is 1. The Morgan fingerprint density at radius 1 is 1.23 bits per heavy atom. The molecule has 0 radical (unpaired) electrons. The summed E-state index contributed by atoms with van der Waals surface area (Å²) in [6.07, 6.45) is -0.145. The maximum atomic E-state index is 13.0. The number of nitrogens with one attached hydrogen (secondary N) is 1. The number of thiazole rings is 1. The van der Waals surface area contributed by atoms with E-state index in [1.54, 1.807) is 29.5 Å². The summed E-state index contributed by atoms with van der Waals surface area (Å²) in [5, 5.41) is 6.40. The molecule has 9 heteroatoms. The second-order valence-electron chi connectivity index (χ2n) is 7.05. The van der Waals surface area contributed by atoms with Crippen LogP contribution >= 0.6 is 34.5 Å². The lowest BCUT2D eigenvalue weighted by atomic mass is 10.1. The number of carbonyl (C=O) groups is 2. The van der Waals surface area contributed by atoms with Gasteiger partial charge in [0.25, 0.3) is 5.91 Å². The van der Waals surface area contributed by atoms with Gasteiger partial charge in [-0.25, -0.2) is 4.98 Å². The van der Waals surface area contributed by atoms with Crippen molar-refractivity contribution in [3.05, 3.63) is 56.8 Å². The molecule has 1 aromatic heterocycles. The van der Waals surface area contributed by atoms with Crippen molar-refractivity contribution < 1.29 is 14.3 Å². The standard InChI is InChI=1S/C22H19Cl2N3O3S/c1-3-19-22(29)27(10-21(28)26-14-5-6-15(23)16(24)9-14)18-8-13(4-7-20(18)30-19)17-11-31-12(2)25-17/h4-9,11,19H,3,10H2,1-2H3,(H,26,28). The number of carbonyl (C=O) groups excluding carboxylic acids is 2. The van der Waals surface area contributed by atoms with Gasteiger partial charge in [-0.2, -0.15) is 0 Å². The van der Waals surface area contributed by atoms with Gasteiger partial charge in [0.2, 0.25) is 5.91 Å². The Hall–Kier alpha value is -2.61. The zero-order chi connectivity index (χ0) is 22.1. The van der Waals surface area contributed by atoms with Crippen molar-refractivity contribution in [2.75, 3.05) is 16.8 Å². The van der Waals surface area contributed by atoms with Crippen LogP contribution in [0.2, 0.25) is 10.0 Å². The highest BCUT2D eigenvalue weighted by Gasteiger charge is 2.34. The number of hydrogen-bond donors (Lipinski definition) is 1.